The van der Waals surface area contributed by atoms with Crippen molar-refractivity contribution in [3.63, 3.8) is 0 Å². The number of halogens is 1. The number of nitrogens with one attached hydrogen (secondary N) is 1. The van der Waals surface area contributed by atoms with Crippen molar-refractivity contribution in [2.45, 2.75) is 37.6 Å². The molecule has 1 atom stereocenters. The fourth-order valence-electron chi connectivity index (χ4n) is 1.60. The van der Waals surface area contributed by atoms with E-state index in [4.69, 9.17) is 0 Å². The van der Waals surface area contributed by atoms with E-state index >= 15 is 0 Å². The summed E-state index contributed by atoms with van der Waals surface area (Å²) in [7, 11) is 0. The highest BCUT2D eigenvalue weighted by Gasteiger charge is 2.04. The second-order valence-electron chi connectivity index (χ2n) is 4.14. The van der Waals surface area contributed by atoms with Gasteiger partial charge in [-0.3, -0.25) is 4.39 Å². The van der Waals surface area contributed by atoms with Gasteiger partial charge in [0.15, 0.2) is 0 Å². The summed E-state index contributed by atoms with van der Waals surface area (Å²) in [6.45, 7) is 5.17. The van der Waals surface area contributed by atoms with E-state index in [0.717, 1.165) is 18.7 Å². The molecular weight excluding hydrogens is 233 g/mol. The van der Waals surface area contributed by atoms with Gasteiger partial charge in [-0.05, 0) is 44.0 Å². The van der Waals surface area contributed by atoms with Crippen LogP contribution in [0.3, 0.4) is 0 Å². The Labute approximate surface area is 108 Å². The van der Waals surface area contributed by atoms with Crippen LogP contribution in [-0.2, 0) is 0 Å². The van der Waals surface area contributed by atoms with E-state index in [9.17, 15) is 4.39 Å². The first-order chi connectivity index (χ1) is 8.27. The zero-order chi connectivity index (χ0) is 12.5. The molecule has 0 spiro atoms. The summed E-state index contributed by atoms with van der Waals surface area (Å²) >= 11 is 1.73. The van der Waals surface area contributed by atoms with Crippen LogP contribution in [0.1, 0.15) is 38.3 Å². The van der Waals surface area contributed by atoms with E-state index in [1.165, 1.54) is 10.5 Å². The number of rotatable bonds is 8. The van der Waals surface area contributed by atoms with Crippen LogP contribution in [-0.4, -0.2) is 19.0 Å². The maximum atomic E-state index is 12.0. The van der Waals surface area contributed by atoms with E-state index in [1.807, 2.05) is 0 Å². The van der Waals surface area contributed by atoms with Gasteiger partial charge in [0.2, 0.25) is 0 Å². The van der Waals surface area contributed by atoms with Crippen LogP contribution in [0.15, 0.2) is 29.2 Å². The maximum absolute atomic E-state index is 12.0. The molecule has 1 unspecified atom stereocenters. The van der Waals surface area contributed by atoms with Crippen molar-refractivity contribution < 1.29 is 4.39 Å². The molecule has 3 heteroatoms. The predicted octanol–water partition coefficient (Wildman–Crippen LogP) is 4.20. The van der Waals surface area contributed by atoms with E-state index in [1.54, 1.807) is 11.8 Å². The topological polar surface area (TPSA) is 12.0 Å². The fourth-order valence-corrected chi connectivity index (χ4v) is 2.48. The van der Waals surface area contributed by atoms with Crippen molar-refractivity contribution in [1.82, 2.24) is 5.32 Å². The van der Waals surface area contributed by atoms with Gasteiger partial charge in [-0.25, -0.2) is 0 Å². The summed E-state index contributed by atoms with van der Waals surface area (Å²) in [5.41, 5.74) is 1.31. The molecule has 17 heavy (non-hydrogen) atoms. The molecule has 0 fully saturated rings. The smallest absolute Gasteiger partial charge is 0.0902 e. The molecule has 0 aromatic heterocycles. The molecule has 0 amide bonds. The minimum absolute atomic E-state index is 0.221. The van der Waals surface area contributed by atoms with E-state index in [-0.39, 0.29) is 6.67 Å². The van der Waals surface area contributed by atoms with Crippen molar-refractivity contribution in [3.8, 4) is 0 Å². The number of thioether (sulfide) groups is 1. The Bertz CT molecular complexity index is 317. The van der Waals surface area contributed by atoms with Crippen molar-refractivity contribution in [2.75, 3.05) is 19.0 Å². The lowest BCUT2D eigenvalue weighted by molar-refractivity contribution is 0.489. The molecule has 0 heterocycles. The summed E-state index contributed by atoms with van der Waals surface area (Å²) in [6.07, 6.45) is 1.79. The highest BCUT2D eigenvalue weighted by Crippen LogP contribution is 2.22. The first-order valence-electron chi connectivity index (χ1n) is 6.30. The molecule has 0 aliphatic heterocycles. The lowest BCUT2D eigenvalue weighted by atomic mass is 10.1. The summed E-state index contributed by atoms with van der Waals surface area (Å²) in [5.74, 6) is 0.858. The standard InChI is InChI=1S/C14H22FNS/c1-3-9-16-12(2)13-6-4-7-14(11-13)17-10-5-8-15/h4,6-7,11-12,16H,3,5,8-10H2,1-2H3. The summed E-state index contributed by atoms with van der Waals surface area (Å²) in [5, 5.41) is 3.47. The average Bonchev–Trinajstić information content (AvgIpc) is 2.36. The highest BCUT2D eigenvalue weighted by molar-refractivity contribution is 7.99. The molecule has 0 bridgehead atoms. The van der Waals surface area contributed by atoms with Gasteiger partial charge < -0.3 is 5.32 Å². The Balaban J connectivity index is 2.52. The normalized spacial score (nSPS) is 12.6. The second kappa shape index (κ2) is 8.54. The van der Waals surface area contributed by atoms with E-state index in [2.05, 4.69) is 43.4 Å². The summed E-state index contributed by atoms with van der Waals surface area (Å²) in [6, 6.07) is 8.91. The quantitative estimate of drug-likeness (QED) is 0.552. The van der Waals surface area contributed by atoms with E-state index < -0.39 is 0 Å². The second-order valence-corrected chi connectivity index (χ2v) is 5.31. The third-order valence-electron chi connectivity index (χ3n) is 2.61. The SMILES string of the molecule is CCCNC(C)c1cccc(SCCCF)c1. The molecule has 1 aromatic rings. The number of hydrogen-bond acceptors (Lipinski definition) is 2. The van der Waals surface area contributed by atoms with Gasteiger partial charge in [-0.2, -0.15) is 0 Å². The zero-order valence-electron chi connectivity index (χ0n) is 10.7. The van der Waals surface area contributed by atoms with Crippen LogP contribution in [0.25, 0.3) is 0 Å². The van der Waals surface area contributed by atoms with Crippen molar-refractivity contribution in [3.05, 3.63) is 29.8 Å². The average molecular weight is 255 g/mol. The molecule has 0 saturated heterocycles. The van der Waals surface area contributed by atoms with Gasteiger partial charge in [0.1, 0.15) is 0 Å². The minimum atomic E-state index is -0.221. The van der Waals surface area contributed by atoms with Crippen LogP contribution in [0.5, 0.6) is 0 Å². The number of benzene rings is 1. The van der Waals surface area contributed by atoms with Crippen LogP contribution in [0.4, 0.5) is 4.39 Å². The Morgan fingerprint density at radius 1 is 1.41 bits per heavy atom. The third kappa shape index (κ3) is 5.55. The molecule has 0 radical (unpaired) electrons. The van der Waals surface area contributed by atoms with Crippen LogP contribution < -0.4 is 5.32 Å². The molecular formula is C14H22FNS. The predicted molar refractivity (Wildman–Crippen MR) is 74.5 cm³/mol. The number of hydrogen-bond donors (Lipinski definition) is 1. The number of alkyl halides is 1. The zero-order valence-corrected chi connectivity index (χ0v) is 11.5. The van der Waals surface area contributed by atoms with E-state index in [0.29, 0.717) is 12.5 Å². The molecule has 96 valence electrons. The van der Waals surface area contributed by atoms with Crippen molar-refractivity contribution in [1.29, 1.82) is 0 Å². The molecule has 0 saturated carbocycles. The van der Waals surface area contributed by atoms with Gasteiger partial charge >= 0.3 is 0 Å². The minimum Gasteiger partial charge on any atom is -0.310 e. The Hall–Kier alpha value is -0.540. The summed E-state index contributed by atoms with van der Waals surface area (Å²) in [4.78, 5) is 1.24. The van der Waals surface area contributed by atoms with Crippen molar-refractivity contribution >= 4 is 11.8 Å². The molecule has 1 aromatic carbocycles. The molecule has 1 rings (SSSR count). The molecule has 1 N–H and O–H groups in total. The van der Waals surface area contributed by atoms with Gasteiger partial charge in [-0.15, -0.1) is 11.8 Å². The first-order valence-corrected chi connectivity index (χ1v) is 7.28. The monoisotopic (exact) mass is 255 g/mol. The van der Waals surface area contributed by atoms with Gasteiger partial charge in [-0.1, -0.05) is 19.1 Å². The Morgan fingerprint density at radius 2 is 2.24 bits per heavy atom. The lowest BCUT2D eigenvalue weighted by Crippen LogP contribution is -2.19. The Morgan fingerprint density at radius 3 is 2.94 bits per heavy atom. The largest absolute Gasteiger partial charge is 0.310 e. The first kappa shape index (κ1) is 14.5. The molecule has 1 nitrogen and oxygen atoms in total. The third-order valence-corrected chi connectivity index (χ3v) is 3.69. The summed E-state index contributed by atoms with van der Waals surface area (Å²) < 4.78 is 12.0. The lowest BCUT2D eigenvalue weighted by Gasteiger charge is -2.14. The van der Waals surface area contributed by atoms with Gasteiger partial charge in [0, 0.05) is 16.7 Å². The van der Waals surface area contributed by atoms with Crippen molar-refractivity contribution in [2.24, 2.45) is 0 Å². The van der Waals surface area contributed by atoms with Crippen LogP contribution >= 0.6 is 11.8 Å². The highest BCUT2D eigenvalue weighted by atomic mass is 32.2. The maximum Gasteiger partial charge on any atom is 0.0902 e. The fraction of sp³-hybridized carbons (Fsp3) is 0.571. The van der Waals surface area contributed by atoms with Crippen LogP contribution in [0, 0.1) is 0 Å². The van der Waals surface area contributed by atoms with Gasteiger partial charge in [0.05, 0.1) is 6.67 Å². The molecule has 0 aliphatic carbocycles. The Kier molecular flexibility index (Phi) is 7.29. The molecule has 0 aliphatic rings. The van der Waals surface area contributed by atoms with Gasteiger partial charge in [0.25, 0.3) is 0 Å². The van der Waals surface area contributed by atoms with Crippen LogP contribution in [0.2, 0.25) is 0 Å².